The van der Waals surface area contributed by atoms with Crippen LogP contribution in [0.4, 0.5) is 5.82 Å². The molecule has 3 aromatic rings. The lowest BCUT2D eigenvalue weighted by Gasteiger charge is -2.26. The van der Waals surface area contributed by atoms with E-state index in [9.17, 15) is 4.79 Å². The number of nitrogens with zero attached hydrogens (tertiary/aromatic N) is 7. The number of anilines is 1. The van der Waals surface area contributed by atoms with Crippen LogP contribution in [0.1, 0.15) is 21.7 Å². The standard InChI is InChI=1S/C19H23N9O5/c1-30-14-4-3-12(9-15(14)31-2)10-21-23-19(29)16-13(11-27-5-7-32-8-6-27)28(26-22-16)18-17(20)24-33-25-18/h3-4,9-10H,5-8,11H2,1-2H3,(H2,20,24)(H,23,29)/b21-10+. The summed E-state index contributed by atoms with van der Waals surface area (Å²) >= 11 is 0. The molecule has 1 aliphatic rings. The number of rotatable bonds is 8. The van der Waals surface area contributed by atoms with Gasteiger partial charge < -0.3 is 19.9 Å². The lowest BCUT2D eigenvalue weighted by molar-refractivity contribution is 0.0332. The Morgan fingerprint density at radius 2 is 2.03 bits per heavy atom. The van der Waals surface area contributed by atoms with E-state index < -0.39 is 5.91 Å². The molecule has 1 aliphatic heterocycles. The van der Waals surface area contributed by atoms with Crippen LogP contribution in [0.2, 0.25) is 0 Å². The smallest absolute Gasteiger partial charge is 0.293 e. The van der Waals surface area contributed by atoms with Gasteiger partial charge in [-0.05, 0) is 34.1 Å². The zero-order valence-corrected chi connectivity index (χ0v) is 18.1. The van der Waals surface area contributed by atoms with Crippen molar-refractivity contribution in [2.75, 3.05) is 46.3 Å². The first-order valence-electron chi connectivity index (χ1n) is 9.99. The van der Waals surface area contributed by atoms with Gasteiger partial charge in [0.1, 0.15) is 0 Å². The summed E-state index contributed by atoms with van der Waals surface area (Å²) in [6.07, 6.45) is 1.48. The van der Waals surface area contributed by atoms with Gasteiger partial charge in [-0.25, -0.2) is 10.1 Å². The van der Waals surface area contributed by atoms with Gasteiger partial charge in [0.25, 0.3) is 5.91 Å². The predicted molar refractivity (Wildman–Crippen MR) is 114 cm³/mol. The first-order chi connectivity index (χ1) is 16.1. The molecule has 174 valence electrons. The van der Waals surface area contributed by atoms with Crippen LogP contribution < -0.4 is 20.6 Å². The maximum atomic E-state index is 12.9. The quantitative estimate of drug-likeness (QED) is 0.341. The second-order valence-corrected chi connectivity index (χ2v) is 6.97. The Balaban J connectivity index is 1.55. The lowest BCUT2D eigenvalue weighted by Crippen LogP contribution is -2.37. The molecular weight excluding hydrogens is 434 g/mol. The third kappa shape index (κ3) is 4.91. The molecule has 0 saturated carbocycles. The van der Waals surface area contributed by atoms with E-state index in [2.05, 4.69) is 40.7 Å². The zero-order valence-electron chi connectivity index (χ0n) is 18.1. The summed E-state index contributed by atoms with van der Waals surface area (Å²) in [6, 6.07) is 5.25. The van der Waals surface area contributed by atoms with E-state index in [-0.39, 0.29) is 17.3 Å². The fraction of sp³-hybridized carbons (Fsp3) is 0.368. The van der Waals surface area contributed by atoms with Crippen LogP contribution in [0.25, 0.3) is 5.82 Å². The number of hydrogen-bond donors (Lipinski definition) is 2. The van der Waals surface area contributed by atoms with E-state index in [1.807, 2.05) is 0 Å². The monoisotopic (exact) mass is 457 g/mol. The predicted octanol–water partition coefficient (Wildman–Crippen LogP) is -0.154. The van der Waals surface area contributed by atoms with E-state index in [4.69, 9.17) is 19.9 Å². The molecule has 1 amide bonds. The van der Waals surface area contributed by atoms with E-state index in [1.54, 1.807) is 25.3 Å². The largest absolute Gasteiger partial charge is 0.493 e. The van der Waals surface area contributed by atoms with Crippen LogP contribution in [0.5, 0.6) is 11.5 Å². The summed E-state index contributed by atoms with van der Waals surface area (Å²) < 4.78 is 21.9. The molecule has 1 saturated heterocycles. The minimum atomic E-state index is -0.545. The highest BCUT2D eigenvalue weighted by atomic mass is 16.6. The molecule has 0 atom stereocenters. The van der Waals surface area contributed by atoms with Crippen LogP contribution in [0.15, 0.2) is 27.9 Å². The number of nitrogens with two attached hydrogens (primary N) is 1. The Morgan fingerprint density at radius 3 is 2.73 bits per heavy atom. The maximum Gasteiger partial charge on any atom is 0.293 e. The average molecular weight is 457 g/mol. The molecule has 14 heteroatoms. The summed E-state index contributed by atoms with van der Waals surface area (Å²) in [5.74, 6) is 0.767. The average Bonchev–Trinajstić information content (AvgIpc) is 3.45. The van der Waals surface area contributed by atoms with Crippen molar-refractivity contribution < 1.29 is 23.6 Å². The maximum absolute atomic E-state index is 12.9. The molecule has 4 rings (SSSR count). The molecule has 3 heterocycles. The van der Waals surface area contributed by atoms with Crippen molar-refractivity contribution in [2.45, 2.75) is 6.54 Å². The Morgan fingerprint density at radius 1 is 1.24 bits per heavy atom. The number of benzene rings is 1. The normalized spacial score (nSPS) is 14.5. The second kappa shape index (κ2) is 10.1. The lowest BCUT2D eigenvalue weighted by atomic mass is 10.2. The number of carbonyl (C=O) groups excluding carboxylic acids is 1. The van der Waals surface area contributed by atoms with Crippen LogP contribution >= 0.6 is 0 Å². The van der Waals surface area contributed by atoms with Crippen molar-refractivity contribution >= 4 is 17.9 Å². The highest BCUT2D eigenvalue weighted by Crippen LogP contribution is 2.26. The number of hydrogen-bond acceptors (Lipinski definition) is 12. The summed E-state index contributed by atoms with van der Waals surface area (Å²) in [5, 5.41) is 19.4. The van der Waals surface area contributed by atoms with Crippen LogP contribution in [-0.4, -0.2) is 82.9 Å². The van der Waals surface area contributed by atoms with Crippen LogP contribution in [-0.2, 0) is 11.3 Å². The Labute approximate surface area is 188 Å². The van der Waals surface area contributed by atoms with Crippen molar-refractivity contribution in [1.82, 2.24) is 35.6 Å². The van der Waals surface area contributed by atoms with Gasteiger partial charge in [0.05, 0.1) is 39.3 Å². The molecule has 0 unspecified atom stereocenters. The molecule has 0 radical (unpaired) electrons. The van der Waals surface area contributed by atoms with Gasteiger partial charge in [-0.1, -0.05) is 5.21 Å². The summed E-state index contributed by atoms with van der Waals surface area (Å²) in [6.45, 7) is 2.93. The van der Waals surface area contributed by atoms with E-state index >= 15 is 0 Å². The molecule has 14 nitrogen and oxygen atoms in total. The minimum absolute atomic E-state index is 0.0292. The fourth-order valence-corrected chi connectivity index (χ4v) is 3.25. The van der Waals surface area contributed by atoms with Crippen molar-refractivity contribution in [2.24, 2.45) is 5.10 Å². The number of nitrogens with one attached hydrogen (secondary N) is 1. The van der Waals surface area contributed by atoms with Gasteiger partial charge in [0.2, 0.25) is 11.6 Å². The molecule has 3 N–H and O–H groups in total. The van der Waals surface area contributed by atoms with Gasteiger partial charge in [0, 0.05) is 19.6 Å². The van der Waals surface area contributed by atoms with Gasteiger partial charge in [0.15, 0.2) is 17.2 Å². The SMILES string of the molecule is COc1ccc(/C=N/NC(=O)c2nnn(-c3nonc3N)c2CN2CCOCC2)cc1OC. The number of hydrazone groups is 1. The van der Waals surface area contributed by atoms with Gasteiger partial charge in [-0.2, -0.15) is 9.78 Å². The van der Waals surface area contributed by atoms with Crippen LogP contribution in [0.3, 0.4) is 0 Å². The Hall–Kier alpha value is -4.04. The molecule has 0 bridgehead atoms. The summed E-state index contributed by atoms with van der Waals surface area (Å²) in [5.41, 5.74) is 9.54. The first-order valence-corrected chi connectivity index (χ1v) is 9.99. The number of amides is 1. The van der Waals surface area contributed by atoms with E-state index in [0.717, 1.165) is 0 Å². The molecule has 2 aromatic heterocycles. The summed E-state index contributed by atoms with van der Waals surface area (Å²) in [4.78, 5) is 15.0. The van der Waals surface area contributed by atoms with Gasteiger partial charge in [-0.15, -0.1) is 5.10 Å². The third-order valence-electron chi connectivity index (χ3n) is 4.94. The van der Waals surface area contributed by atoms with Gasteiger partial charge in [-0.3, -0.25) is 9.69 Å². The summed E-state index contributed by atoms with van der Waals surface area (Å²) in [7, 11) is 3.09. The van der Waals surface area contributed by atoms with E-state index in [1.165, 1.54) is 18.0 Å². The number of aromatic nitrogens is 5. The zero-order chi connectivity index (χ0) is 23.2. The molecule has 1 fully saturated rings. The first kappa shape index (κ1) is 22.2. The topological polar surface area (TPSA) is 168 Å². The minimum Gasteiger partial charge on any atom is -0.493 e. The van der Waals surface area contributed by atoms with Gasteiger partial charge >= 0.3 is 0 Å². The Bertz CT molecular complexity index is 1140. The molecule has 33 heavy (non-hydrogen) atoms. The molecule has 0 spiro atoms. The number of carbonyl (C=O) groups is 1. The Kier molecular flexibility index (Phi) is 6.75. The van der Waals surface area contributed by atoms with Crippen LogP contribution in [0, 0.1) is 0 Å². The number of ether oxygens (including phenoxy) is 3. The highest BCUT2D eigenvalue weighted by Gasteiger charge is 2.26. The van der Waals surface area contributed by atoms with Crippen molar-refractivity contribution in [3.05, 3.63) is 35.2 Å². The van der Waals surface area contributed by atoms with Crippen molar-refractivity contribution in [1.29, 1.82) is 0 Å². The number of nitrogen functional groups attached to an aromatic ring is 1. The molecule has 1 aromatic carbocycles. The second-order valence-electron chi connectivity index (χ2n) is 6.97. The molecule has 0 aliphatic carbocycles. The highest BCUT2D eigenvalue weighted by molar-refractivity contribution is 5.94. The third-order valence-corrected chi connectivity index (χ3v) is 4.94. The number of morpholine rings is 1. The molecular formula is C19H23N9O5. The van der Waals surface area contributed by atoms with E-state index in [0.29, 0.717) is 55.6 Å². The van der Waals surface area contributed by atoms with Crippen molar-refractivity contribution in [3.63, 3.8) is 0 Å². The number of methoxy groups -OCH3 is 2. The van der Waals surface area contributed by atoms with Crippen molar-refractivity contribution in [3.8, 4) is 17.3 Å². The fourth-order valence-electron chi connectivity index (χ4n) is 3.25.